The Bertz CT molecular complexity index is 1100. The summed E-state index contributed by atoms with van der Waals surface area (Å²) in [4.78, 5) is 26.3. The molecular weight excluding hydrogens is 467 g/mol. The number of nitrogens with one attached hydrogen (secondary N) is 2. The largest absolute Gasteiger partial charge is 0.487 e. The van der Waals surface area contributed by atoms with Crippen molar-refractivity contribution in [2.24, 2.45) is 10.7 Å². The quantitative estimate of drug-likeness (QED) is 0.230. The maximum atomic E-state index is 13.2. The van der Waals surface area contributed by atoms with E-state index in [-0.39, 0.29) is 35.8 Å². The summed E-state index contributed by atoms with van der Waals surface area (Å²) in [6, 6.07) is -1.20. The van der Waals surface area contributed by atoms with E-state index in [9.17, 15) is 22.4 Å². The van der Waals surface area contributed by atoms with Crippen LogP contribution < -0.4 is 20.5 Å². The molecule has 1 aromatic carbocycles. The number of guanidine groups is 1. The summed E-state index contributed by atoms with van der Waals surface area (Å²) in [5.41, 5.74) is 8.22. The number of ether oxygens (including phenoxy) is 1. The molecule has 1 unspecified atom stereocenters. The fourth-order valence-corrected chi connectivity index (χ4v) is 5.55. The zero-order valence-corrected chi connectivity index (χ0v) is 20.9. The maximum Gasteiger partial charge on any atom is 0.405 e. The molecule has 190 valence electrons. The number of nitrogens with zero attached hydrogens (tertiary/aromatic N) is 1. The van der Waals surface area contributed by atoms with Gasteiger partial charge < -0.3 is 20.9 Å². The van der Waals surface area contributed by atoms with E-state index in [0.717, 1.165) is 23.3 Å². The third-order valence-corrected chi connectivity index (χ3v) is 7.55. The average Bonchev–Trinajstić information content (AvgIpc) is 2.72. The van der Waals surface area contributed by atoms with Crippen molar-refractivity contribution in [2.75, 3.05) is 13.2 Å². The van der Waals surface area contributed by atoms with Crippen molar-refractivity contribution in [2.45, 2.75) is 76.8 Å². The summed E-state index contributed by atoms with van der Waals surface area (Å²) in [5, 5.41) is 10.7. The molecule has 0 bridgehead atoms. The summed E-state index contributed by atoms with van der Waals surface area (Å²) in [7, 11) is -4.05. The van der Waals surface area contributed by atoms with Gasteiger partial charge in [-0.3, -0.25) is 9.79 Å². The first-order chi connectivity index (χ1) is 15.7. The van der Waals surface area contributed by atoms with Crippen LogP contribution >= 0.6 is 0 Å². The number of nitrogens with two attached hydrogens (primary N) is 1. The molecule has 0 radical (unpaired) electrons. The number of hydrogen-bond acceptors (Lipinski definition) is 6. The number of ketones is 1. The van der Waals surface area contributed by atoms with Crippen molar-refractivity contribution < 1.29 is 32.2 Å². The number of fused-ring (bicyclic) bond motifs is 1. The van der Waals surface area contributed by atoms with Crippen molar-refractivity contribution in [3.63, 3.8) is 0 Å². The molecule has 34 heavy (non-hydrogen) atoms. The molecule has 1 atom stereocenters. The number of alkyl halides is 1. The van der Waals surface area contributed by atoms with Crippen LogP contribution in [0.4, 0.5) is 9.18 Å². The van der Waals surface area contributed by atoms with E-state index in [1.54, 1.807) is 13.8 Å². The average molecular weight is 501 g/mol. The number of aliphatic imine (C=N–C) groups is 1. The van der Waals surface area contributed by atoms with Gasteiger partial charge in [0, 0.05) is 6.54 Å². The van der Waals surface area contributed by atoms with Crippen LogP contribution in [0.5, 0.6) is 5.75 Å². The molecule has 1 amide bonds. The van der Waals surface area contributed by atoms with Gasteiger partial charge in [-0.2, -0.15) is 0 Å². The van der Waals surface area contributed by atoms with Crippen molar-refractivity contribution in [1.29, 1.82) is 0 Å². The van der Waals surface area contributed by atoms with Gasteiger partial charge in [0.15, 0.2) is 5.78 Å². The molecule has 5 N–H and O–H groups in total. The highest BCUT2D eigenvalue weighted by Crippen LogP contribution is 2.42. The van der Waals surface area contributed by atoms with Crippen LogP contribution in [-0.4, -0.2) is 56.2 Å². The first-order valence-corrected chi connectivity index (χ1v) is 12.4. The third kappa shape index (κ3) is 6.37. The van der Waals surface area contributed by atoms with Crippen LogP contribution in [0.15, 0.2) is 9.89 Å². The number of Topliss-reactive ketones (excluding diaryl/α,β-unsaturated/α-hetero) is 1. The summed E-state index contributed by atoms with van der Waals surface area (Å²) in [6.07, 6.45) is 0.175. The van der Waals surface area contributed by atoms with Crippen LogP contribution in [0.25, 0.3) is 0 Å². The molecule has 1 aliphatic heterocycles. The second-order valence-corrected chi connectivity index (χ2v) is 10.6. The Morgan fingerprint density at radius 3 is 2.47 bits per heavy atom. The Labute approximate surface area is 199 Å². The lowest BCUT2D eigenvalue weighted by atomic mass is 9.88. The normalized spacial score (nSPS) is 16.2. The first-order valence-electron chi connectivity index (χ1n) is 10.9. The predicted octanol–water partition coefficient (Wildman–Crippen LogP) is 2.26. The van der Waals surface area contributed by atoms with Crippen molar-refractivity contribution in [3.8, 4) is 5.75 Å². The van der Waals surface area contributed by atoms with E-state index in [0.29, 0.717) is 17.5 Å². The number of carboxylic acid groups (broad SMARTS) is 1. The van der Waals surface area contributed by atoms with E-state index < -0.39 is 34.6 Å². The third-order valence-electron chi connectivity index (χ3n) is 5.93. The van der Waals surface area contributed by atoms with Crippen molar-refractivity contribution in [3.05, 3.63) is 22.3 Å². The summed E-state index contributed by atoms with van der Waals surface area (Å²) in [6.45, 7) is 7.99. The van der Waals surface area contributed by atoms with E-state index in [4.69, 9.17) is 15.6 Å². The standard InChI is InChI=1S/C22H33FN4O6S/c1-12-13(2)19(14(3)15-8-9-22(4,5)33-18(12)15)34(31,32)27-20(24)25-10-6-7-16(17(28)11-23)26-21(29)30/h16,26H,6-11H2,1-5H3,(H,29,30)(H3,24,25,27). The summed E-state index contributed by atoms with van der Waals surface area (Å²) >= 11 is 0. The molecule has 2 rings (SSSR count). The topological polar surface area (TPSA) is 160 Å². The Kier molecular flexibility index (Phi) is 8.51. The minimum absolute atomic E-state index is 0.00281. The highest BCUT2D eigenvalue weighted by Gasteiger charge is 2.33. The van der Waals surface area contributed by atoms with Gasteiger partial charge in [-0.05, 0) is 82.6 Å². The number of halogens is 1. The van der Waals surface area contributed by atoms with Gasteiger partial charge in [-0.25, -0.2) is 22.3 Å². The van der Waals surface area contributed by atoms with Gasteiger partial charge in [0.2, 0.25) is 5.96 Å². The number of benzene rings is 1. The number of hydrogen-bond donors (Lipinski definition) is 4. The number of carbonyl (C=O) groups is 2. The van der Waals surface area contributed by atoms with Crippen LogP contribution in [0.1, 0.15) is 55.4 Å². The van der Waals surface area contributed by atoms with E-state index in [1.165, 1.54) is 0 Å². The lowest BCUT2D eigenvalue weighted by molar-refractivity contribution is -0.121. The molecule has 0 saturated heterocycles. The molecule has 0 aromatic heterocycles. The van der Waals surface area contributed by atoms with Gasteiger partial charge in [-0.15, -0.1) is 0 Å². The fourth-order valence-electron chi connectivity index (χ4n) is 4.02. The van der Waals surface area contributed by atoms with Crippen LogP contribution in [-0.2, 0) is 21.2 Å². The summed E-state index contributed by atoms with van der Waals surface area (Å²) < 4.78 is 47.3. The minimum Gasteiger partial charge on any atom is -0.487 e. The molecule has 1 aliphatic rings. The monoisotopic (exact) mass is 500 g/mol. The van der Waals surface area contributed by atoms with Gasteiger partial charge in [0.25, 0.3) is 10.0 Å². The Morgan fingerprint density at radius 1 is 1.24 bits per heavy atom. The Balaban J connectivity index is 2.17. The van der Waals surface area contributed by atoms with Gasteiger partial charge >= 0.3 is 6.09 Å². The molecule has 0 spiro atoms. The lowest BCUT2D eigenvalue weighted by Gasteiger charge is -2.35. The van der Waals surface area contributed by atoms with E-state index in [2.05, 4.69) is 9.71 Å². The molecule has 12 heteroatoms. The zero-order valence-electron chi connectivity index (χ0n) is 20.1. The van der Waals surface area contributed by atoms with Crippen molar-refractivity contribution in [1.82, 2.24) is 10.0 Å². The number of carbonyl (C=O) groups excluding carboxylic acids is 1. The van der Waals surface area contributed by atoms with Gasteiger partial charge in [-0.1, -0.05) is 0 Å². The molecular formula is C22H33FN4O6S. The zero-order chi connectivity index (χ0) is 25.8. The minimum atomic E-state index is -4.05. The first kappa shape index (κ1) is 27.4. The molecule has 0 saturated carbocycles. The highest BCUT2D eigenvalue weighted by atomic mass is 32.2. The predicted molar refractivity (Wildman–Crippen MR) is 126 cm³/mol. The smallest absolute Gasteiger partial charge is 0.405 e. The number of sulfonamides is 1. The molecule has 0 fully saturated rings. The molecule has 1 aromatic rings. The van der Waals surface area contributed by atoms with Gasteiger partial charge in [0.05, 0.1) is 10.9 Å². The molecule has 1 heterocycles. The number of amides is 1. The van der Waals surface area contributed by atoms with E-state index in [1.807, 2.05) is 26.1 Å². The SMILES string of the molecule is Cc1c(C)c(S(=O)(=O)NC(N)=NCCCC(NC(=O)O)C(=O)CF)c(C)c2c1OC(C)(C)CC2. The maximum absolute atomic E-state index is 13.2. The highest BCUT2D eigenvalue weighted by molar-refractivity contribution is 7.90. The van der Waals surface area contributed by atoms with Gasteiger partial charge in [0.1, 0.15) is 18.0 Å². The van der Waals surface area contributed by atoms with Crippen LogP contribution in [0.2, 0.25) is 0 Å². The molecule has 0 aliphatic carbocycles. The second-order valence-electron chi connectivity index (χ2n) is 8.99. The Morgan fingerprint density at radius 2 is 1.88 bits per heavy atom. The second kappa shape index (κ2) is 10.6. The van der Waals surface area contributed by atoms with Crippen LogP contribution in [0.3, 0.4) is 0 Å². The van der Waals surface area contributed by atoms with Crippen molar-refractivity contribution >= 4 is 27.9 Å². The Hall–Kier alpha value is -2.89. The van der Waals surface area contributed by atoms with Crippen LogP contribution in [0, 0.1) is 20.8 Å². The fraction of sp³-hybridized carbons (Fsp3) is 0.591. The van der Waals surface area contributed by atoms with E-state index >= 15 is 0 Å². The number of rotatable bonds is 9. The summed E-state index contributed by atoms with van der Waals surface area (Å²) in [5.74, 6) is -0.508. The molecule has 10 nitrogen and oxygen atoms in total. The lowest BCUT2D eigenvalue weighted by Crippen LogP contribution is -2.41.